The van der Waals surface area contributed by atoms with Crippen LogP contribution in [0.15, 0.2) is 36.4 Å². The van der Waals surface area contributed by atoms with E-state index in [1.807, 2.05) is 0 Å². The largest absolute Gasteiger partial charge is 0.481 e. The van der Waals surface area contributed by atoms with Gasteiger partial charge >= 0.3 is 12.1 Å². The lowest BCUT2D eigenvalue weighted by atomic mass is 9.66. The molecule has 0 spiro atoms. The van der Waals surface area contributed by atoms with E-state index in [2.05, 4.69) is 0 Å². The number of thiocarbonyl (C=S) groups is 1. The summed E-state index contributed by atoms with van der Waals surface area (Å²) in [5.41, 5.74) is -4.03. The second-order valence-electron chi connectivity index (χ2n) is 9.85. The van der Waals surface area contributed by atoms with Crippen LogP contribution in [0.3, 0.4) is 0 Å². The summed E-state index contributed by atoms with van der Waals surface area (Å²) >= 11 is 5.45. The van der Waals surface area contributed by atoms with Gasteiger partial charge in [-0.25, -0.2) is 4.39 Å². The number of halogens is 4. The summed E-state index contributed by atoms with van der Waals surface area (Å²) in [4.78, 5) is 27.1. The Morgan fingerprint density at radius 3 is 2.27 bits per heavy atom. The van der Waals surface area contributed by atoms with Crippen molar-refractivity contribution >= 4 is 40.6 Å². The molecular formula is C26H23F4N3O3S. The maximum atomic E-state index is 15.1. The molecular weight excluding hydrogens is 510 g/mol. The van der Waals surface area contributed by atoms with E-state index in [4.69, 9.17) is 17.5 Å². The van der Waals surface area contributed by atoms with Crippen LogP contribution in [0, 0.1) is 22.6 Å². The molecule has 2 fully saturated rings. The standard InChI is InChI=1S/C26H23F4N3O3S/c1-24(2)21(34)32(18-9-6-16(14-31)19(20(18)27)26(28,29)30)23(37)33(24)17-7-4-15(5-8-17)10-13-25(22(35)36)11-3-12-25/h4-9H,3,10-13H2,1-2H3,(H,35,36). The summed E-state index contributed by atoms with van der Waals surface area (Å²) < 4.78 is 55.7. The molecule has 1 saturated carbocycles. The molecule has 1 amide bonds. The number of aryl methyl sites for hydroxylation is 1. The lowest BCUT2D eigenvalue weighted by Gasteiger charge is -2.37. The molecule has 2 aromatic carbocycles. The van der Waals surface area contributed by atoms with Gasteiger partial charge in [-0.15, -0.1) is 0 Å². The second kappa shape index (κ2) is 9.10. The number of hydrogen-bond acceptors (Lipinski definition) is 4. The zero-order valence-corrected chi connectivity index (χ0v) is 20.8. The first-order valence-corrected chi connectivity index (χ1v) is 12.0. The van der Waals surface area contributed by atoms with Crippen molar-refractivity contribution in [1.82, 2.24) is 0 Å². The minimum absolute atomic E-state index is 0.209. The van der Waals surface area contributed by atoms with Crippen LogP contribution >= 0.6 is 12.2 Å². The quantitative estimate of drug-likeness (QED) is 0.372. The van der Waals surface area contributed by atoms with Crippen molar-refractivity contribution in [2.45, 2.75) is 57.7 Å². The van der Waals surface area contributed by atoms with Crippen LogP contribution in [-0.2, 0) is 22.2 Å². The fourth-order valence-corrected chi connectivity index (χ4v) is 5.43. The third-order valence-corrected chi connectivity index (χ3v) is 7.65. The van der Waals surface area contributed by atoms with E-state index in [1.54, 1.807) is 24.3 Å². The second-order valence-corrected chi connectivity index (χ2v) is 10.2. The Balaban J connectivity index is 1.64. The molecule has 1 aliphatic carbocycles. The lowest BCUT2D eigenvalue weighted by molar-refractivity contribution is -0.155. The predicted octanol–water partition coefficient (Wildman–Crippen LogP) is 5.82. The monoisotopic (exact) mass is 533 g/mol. The van der Waals surface area contributed by atoms with E-state index < -0.39 is 51.6 Å². The highest BCUT2D eigenvalue weighted by Gasteiger charge is 2.52. The van der Waals surface area contributed by atoms with Gasteiger partial charge in [0.05, 0.1) is 22.7 Å². The summed E-state index contributed by atoms with van der Waals surface area (Å²) in [7, 11) is 0. The van der Waals surface area contributed by atoms with E-state index in [0.717, 1.165) is 29.0 Å². The number of benzene rings is 2. The highest BCUT2D eigenvalue weighted by molar-refractivity contribution is 7.81. The molecule has 0 aromatic heterocycles. The first-order valence-electron chi connectivity index (χ1n) is 11.6. The summed E-state index contributed by atoms with van der Waals surface area (Å²) in [5.74, 6) is -3.27. The van der Waals surface area contributed by atoms with Gasteiger partial charge in [0.15, 0.2) is 10.9 Å². The Bertz CT molecular complexity index is 1330. The van der Waals surface area contributed by atoms with Gasteiger partial charge in [0.25, 0.3) is 5.91 Å². The molecule has 1 heterocycles. The Morgan fingerprint density at radius 1 is 1.16 bits per heavy atom. The maximum absolute atomic E-state index is 15.1. The van der Waals surface area contributed by atoms with E-state index in [1.165, 1.54) is 24.8 Å². The molecule has 37 heavy (non-hydrogen) atoms. The summed E-state index contributed by atoms with van der Waals surface area (Å²) in [6.45, 7) is 3.05. The molecule has 1 N–H and O–H groups in total. The van der Waals surface area contributed by atoms with E-state index in [9.17, 15) is 27.9 Å². The van der Waals surface area contributed by atoms with Gasteiger partial charge in [0.2, 0.25) is 0 Å². The van der Waals surface area contributed by atoms with Crippen LogP contribution in [0.25, 0.3) is 0 Å². The molecule has 2 aliphatic rings. The molecule has 11 heteroatoms. The molecule has 6 nitrogen and oxygen atoms in total. The zero-order valence-electron chi connectivity index (χ0n) is 20.0. The van der Waals surface area contributed by atoms with Gasteiger partial charge in [-0.2, -0.15) is 18.4 Å². The number of carbonyl (C=O) groups excluding carboxylic acids is 1. The first kappa shape index (κ1) is 26.5. The van der Waals surface area contributed by atoms with E-state index in [-0.39, 0.29) is 5.11 Å². The summed E-state index contributed by atoms with van der Waals surface area (Å²) in [6, 6.07) is 10.0. The Hall–Kier alpha value is -3.52. The highest BCUT2D eigenvalue weighted by Crippen LogP contribution is 2.45. The number of anilines is 2. The van der Waals surface area contributed by atoms with E-state index in [0.29, 0.717) is 31.4 Å². The number of carbonyl (C=O) groups is 2. The molecule has 0 atom stereocenters. The van der Waals surface area contributed by atoms with Crippen molar-refractivity contribution < 1.29 is 32.3 Å². The van der Waals surface area contributed by atoms with Gasteiger partial charge in [-0.1, -0.05) is 18.6 Å². The SMILES string of the molecule is CC1(C)C(=O)N(c2ccc(C#N)c(C(F)(F)F)c2F)C(=S)N1c1ccc(CCC2(C(=O)O)CCC2)cc1. The average molecular weight is 534 g/mol. The third-order valence-electron chi connectivity index (χ3n) is 7.29. The van der Waals surface area contributed by atoms with Crippen LogP contribution in [0.2, 0.25) is 0 Å². The first-order chi connectivity index (χ1) is 17.2. The number of aliphatic carboxylic acids is 1. The minimum atomic E-state index is -5.15. The van der Waals surface area contributed by atoms with Crippen molar-refractivity contribution in [3.05, 3.63) is 58.9 Å². The number of nitriles is 1. The Kier molecular flexibility index (Phi) is 6.53. The maximum Gasteiger partial charge on any atom is 0.420 e. The van der Waals surface area contributed by atoms with Crippen LogP contribution < -0.4 is 9.80 Å². The van der Waals surface area contributed by atoms with Crippen molar-refractivity contribution in [3.63, 3.8) is 0 Å². The molecule has 0 bridgehead atoms. The van der Waals surface area contributed by atoms with Gasteiger partial charge < -0.3 is 10.0 Å². The van der Waals surface area contributed by atoms with Crippen molar-refractivity contribution in [3.8, 4) is 6.07 Å². The number of nitrogens with zero attached hydrogens (tertiary/aromatic N) is 3. The number of hydrogen-bond donors (Lipinski definition) is 1. The molecule has 194 valence electrons. The number of carboxylic acids is 1. The molecule has 1 aliphatic heterocycles. The van der Waals surface area contributed by atoms with Crippen LogP contribution in [-0.4, -0.2) is 27.6 Å². The van der Waals surface area contributed by atoms with Crippen molar-refractivity contribution in [2.24, 2.45) is 5.41 Å². The number of amides is 1. The number of alkyl halides is 3. The van der Waals surface area contributed by atoms with E-state index >= 15 is 4.39 Å². The normalized spacial score (nSPS) is 18.5. The molecule has 0 radical (unpaired) electrons. The van der Waals surface area contributed by atoms with Crippen molar-refractivity contribution in [1.29, 1.82) is 5.26 Å². The molecule has 1 saturated heterocycles. The average Bonchev–Trinajstić information content (AvgIpc) is 2.96. The zero-order chi connectivity index (χ0) is 27.3. The molecule has 4 rings (SSSR count). The van der Waals surface area contributed by atoms with Gasteiger partial charge in [0.1, 0.15) is 11.1 Å². The van der Waals surface area contributed by atoms with Crippen LogP contribution in [0.1, 0.15) is 56.2 Å². The minimum Gasteiger partial charge on any atom is -0.481 e. The summed E-state index contributed by atoms with van der Waals surface area (Å²) in [5, 5.41) is 18.3. The fourth-order valence-electron chi connectivity index (χ4n) is 4.92. The Labute approximate surface area is 216 Å². The van der Waals surface area contributed by atoms with Gasteiger partial charge in [-0.3, -0.25) is 14.5 Å². The van der Waals surface area contributed by atoms with Crippen molar-refractivity contribution in [2.75, 3.05) is 9.80 Å². The number of carboxylic acid groups (broad SMARTS) is 1. The lowest BCUT2D eigenvalue weighted by Crippen LogP contribution is -2.44. The van der Waals surface area contributed by atoms with Gasteiger partial charge in [-0.05, 0) is 81.6 Å². The van der Waals surface area contributed by atoms with Crippen LogP contribution in [0.4, 0.5) is 28.9 Å². The fraction of sp³-hybridized carbons (Fsp3) is 0.385. The molecule has 0 unspecified atom stereocenters. The van der Waals surface area contributed by atoms with Crippen LogP contribution in [0.5, 0.6) is 0 Å². The number of rotatable bonds is 6. The Morgan fingerprint density at radius 2 is 1.78 bits per heavy atom. The summed E-state index contributed by atoms with van der Waals surface area (Å²) in [6.07, 6.45) is -1.92. The topological polar surface area (TPSA) is 84.6 Å². The smallest absolute Gasteiger partial charge is 0.420 e. The van der Waals surface area contributed by atoms with Gasteiger partial charge in [0, 0.05) is 5.69 Å². The molecule has 2 aromatic rings. The third kappa shape index (κ3) is 4.33. The predicted molar refractivity (Wildman–Crippen MR) is 131 cm³/mol. The highest BCUT2D eigenvalue weighted by atomic mass is 32.1.